The maximum atomic E-state index is 15.8. The molecule has 0 unspecified atom stereocenters. The number of rotatable bonds is 29. The predicted octanol–water partition coefficient (Wildman–Crippen LogP) is -0.795. The van der Waals surface area contributed by atoms with Crippen LogP contribution in [0.5, 0.6) is 5.75 Å². The number of nitrogens with two attached hydrogens (primary N) is 5. The summed E-state index contributed by atoms with van der Waals surface area (Å²) in [7, 11) is 5.47. The van der Waals surface area contributed by atoms with Gasteiger partial charge in [0.05, 0.1) is 37.5 Å². The van der Waals surface area contributed by atoms with Gasteiger partial charge in [-0.3, -0.25) is 81.5 Å². The number of carbonyl (C=O) groups excluding carboxylic acids is 16. The lowest BCUT2D eigenvalue weighted by Crippen LogP contribution is -2.61. The van der Waals surface area contributed by atoms with Crippen LogP contribution in [0.2, 0.25) is 0 Å². The number of Topliss-reactive ketones (excluding diaryl/α,β-unsaturated/α-hetero) is 2. The lowest BCUT2D eigenvalue weighted by atomic mass is 9.91. The van der Waals surface area contributed by atoms with Crippen molar-refractivity contribution in [3.8, 4) is 5.75 Å². The highest BCUT2D eigenvalue weighted by Gasteiger charge is 2.47. The number of aliphatic hydroxyl groups is 1. The number of amides is 14. The Morgan fingerprint density at radius 1 is 0.515 bits per heavy atom. The van der Waals surface area contributed by atoms with Gasteiger partial charge in [-0.1, -0.05) is 88.1 Å². The summed E-state index contributed by atoms with van der Waals surface area (Å²) in [4.78, 5) is 261. The number of H-pyrrole nitrogens is 2. The number of unbranched alkanes of at least 4 members (excludes halogenated alkanes) is 3. The maximum Gasteiger partial charge on any atom is 0.305 e. The molecule has 0 bridgehead atoms. The number of nitrogens with one attached hydrogen (secondary N) is 10. The number of aliphatic carboxylic acids is 1. The first-order valence-corrected chi connectivity index (χ1v) is 46.4. The van der Waals surface area contributed by atoms with Crippen molar-refractivity contribution >= 4 is 134 Å². The number of ether oxygens (including phenoxy) is 1. The number of carboxylic acids is 1. The SMILES string of the molecule is CCCC[C@H]1C(=O)N(C)[C@@H](CCCC)C(=O)N[C@@H](CCCN)C(=O)N[C@H](C(=O)CCC(N)=O)CSCC(=O)N[C@@H](Cc2ccc(OC)cc2)C(=O)N(C)[C@@H](C)C(=O)N[C@@H](CC(=O)O)C(=O)N2CCC[C@H]2C(=O)N[C@@H](CN)C(=O)N[C@@H](CCCCN)C(=O)N2C[C@H](O)C[C@H]2C(=O)N[C@@H](Cc2c[nH]c3ccccc23)C(=O)C[C@@H](CCN)C(=O)N[C@@H](Cc2c[nH]c3ccccc23)C(=O)N1C. The molecule has 5 aromatic rings. The van der Waals surface area contributed by atoms with Gasteiger partial charge in [0.2, 0.25) is 82.7 Å². The summed E-state index contributed by atoms with van der Waals surface area (Å²) < 4.78 is 5.34. The van der Waals surface area contributed by atoms with Crippen molar-refractivity contribution in [1.82, 2.24) is 77.0 Å². The van der Waals surface area contributed by atoms with E-state index in [2.05, 4.69) is 52.5 Å². The van der Waals surface area contributed by atoms with Gasteiger partial charge in [-0.15, -0.1) is 11.8 Å². The molecule has 3 aliphatic heterocycles. The normalized spacial score (nSPS) is 25.2. The second-order valence-corrected chi connectivity index (χ2v) is 35.1. The number of hydrogen-bond acceptors (Lipinski definition) is 24. The van der Waals surface area contributed by atoms with Crippen molar-refractivity contribution in [3.05, 3.63) is 102 Å². The molecule has 0 spiro atoms. The van der Waals surface area contributed by atoms with Crippen LogP contribution < -0.4 is 75.9 Å². The monoisotopic (exact) mass is 1860 g/mol. The molecule has 3 aliphatic rings. The first-order valence-electron chi connectivity index (χ1n) is 45.3. The van der Waals surface area contributed by atoms with Crippen molar-refractivity contribution in [2.24, 2.45) is 34.6 Å². The zero-order valence-corrected chi connectivity index (χ0v) is 77.0. The number of carbonyl (C=O) groups is 17. The van der Waals surface area contributed by atoms with Gasteiger partial charge < -0.3 is 121 Å². The van der Waals surface area contributed by atoms with Gasteiger partial charge in [-0.2, -0.15) is 0 Å². The minimum absolute atomic E-state index is 0.0265. The van der Waals surface area contributed by atoms with E-state index < -0.39 is 235 Å². The molecule has 3 saturated heterocycles. The summed E-state index contributed by atoms with van der Waals surface area (Å²) >= 11 is 0.836. The van der Waals surface area contributed by atoms with Crippen LogP contribution in [0.25, 0.3) is 21.8 Å². The fraction of sp³-hybridized carbons (Fsp3) is 0.571. The molecule has 8 rings (SSSR count). The van der Waals surface area contributed by atoms with Crippen LogP contribution in [0.1, 0.15) is 159 Å². The standard InChI is InChI=1S/C91H132N20O20S/c1-8-10-26-71-84(123)100-63(25-18-37-93)82(121)106-70(75(113)33-34-77(96)115)50-132-51-78(116)99-66(40-53-29-31-58(131-7)32-30-53)87(126)107(4)52(3)80(119)103-68(45-79(117)118)90(129)110-39-19-28-72(110)85(124)105-69(46-95)83(122)101-64(24-16-17-36-92)89(128)111-49-57(112)44-74(111)86(125)102-65(41-55-47-97-61-22-14-12-20-59(55)61)76(114)43-54(35-38-94)81(120)104-67(42-56-48-98-62-23-15-13-21-60(56)62)88(127)109(6)73(27-11-9-2)91(130)108(71)5/h12-15,20-23,29-32,47-48,52,54,57,63-74,97-98,112H,8-11,16-19,24-28,33-46,49-51,92-95H2,1-7H3,(H2,96,115)(H,99,116)(H,100,123)(H,101,122)(H,102,125)(H,103,119)(H,104,120)(H,105,124)(H,106,121)(H,117,118)/t52-,54+,57+,63-,64-,65-,66-,67-,68-,69-,70-,71-,72-,73-,74-/m0/s1. The molecule has 40 nitrogen and oxygen atoms in total. The average Bonchev–Trinajstić information content (AvgIpc) is 1.60. The first-order chi connectivity index (χ1) is 63.1. The highest BCUT2D eigenvalue weighted by Crippen LogP contribution is 2.29. The quantitative estimate of drug-likeness (QED) is 0.0261. The second-order valence-electron chi connectivity index (χ2n) is 34.1. The fourth-order valence-electron chi connectivity index (χ4n) is 16.8. The van der Waals surface area contributed by atoms with E-state index in [1.54, 1.807) is 73.1 Å². The van der Waals surface area contributed by atoms with Crippen LogP contribution in [0, 0.1) is 5.92 Å². The Morgan fingerprint density at radius 2 is 1.06 bits per heavy atom. The topological polar surface area (TPSA) is 614 Å². The van der Waals surface area contributed by atoms with Gasteiger partial charge in [-0.25, -0.2) is 0 Å². The molecule has 14 amide bonds. The highest BCUT2D eigenvalue weighted by molar-refractivity contribution is 8.00. The van der Waals surface area contributed by atoms with Gasteiger partial charge in [0, 0.05) is 132 Å². The molecule has 22 N–H and O–H groups in total. The van der Waals surface area contributed by atoms with E-state index in [1.165, 1.54) is 45.0 Å². The number of thioether (sulfide) groups is 1. The van der Waals surface area contributed by atoms with Gasteiger partial charge in [0.1, 0.15) is 72.2 Å². The number of benzene rings is 3. The number of fused-ring (bicyclic) bond motifs is 4. The third kappa shape index (κ3) is 29.3. The average molecular weight is 1860 g/mol. The number of hydrogen-bond donors (Lipinski definition) is 17. The summed E-state index contributed by atoms with van der Waals surface area (Å²) in [6, 6.07) is 1.53. The molecule has 5 heterocycles. The van der Waals surface area contributed by atoms with Crippen LogP contribution >= 0.6 is 11.8 Å². The summed E-state index contributed by atoms with van der Waals surface area (Å²) in [6.45, 7) is 3.86. The van der Waals surface area contributed by atoms with Gasteiger partial charge in [0.25, 0.3) is 0 Å². The van der Waals surface area contributed by atoms with E-state index in [4.69, 9.17) is 33.4 Å². The molecule has 0 saturated carbocycles. The number of ketones is 2. The minimum atomic E-state index is -1.87. The van der Waals surface area contributed by atoms with E-state index >= 15 is 33.6 Å². The lowest BCUT2D eigenvalue weighted by Gasteiger charge is -2.36. The molecule has 0 radical (unpaired) electrons. The molecule has 41 heteroatoms. The van der Waals surface area contributed by atoms with Crippen LogP contribution in [-0.4, -0.2) is 309 Å². The van der Waals surface area contributed by atoms with E-state index in [-0.39, 0.29) is 115 Å². The van der Waals surface area contributed by atoms with Crippen molar-refractivity contribution in [2.45, 2.75) is 247 Å². The summed E-state index contributed by atoms with van der Waals surface area (Å²) in [5.74, 6) is -16.8. The third-order valence-corrected chi connectivity index (χ3v) is 25.6. The molecule has 15 atom stereocenters. The number of nitrogens with zero attached hydrogens (tertiary/aromatic N) is 5. The number of aromatic amines is 2. The summed E-state index contributed by atoms with van der Waals surface area (Å²) in [6.07, 6.45) is 0.964. The Kier molecular flexibility index (Phi) is 41.4. The number of para-hydroxylation sites is 2. The number of carboxylic acid groups (broad SMARTS) is 1. The van der Waals surface area contributed by atoms with Crippen molar-refractivity contribution in [2.75, 3.05) is 79.0 Å². The number of methoxy groups -OCH3 is 1. The number of likely N-dealkylation sites (N-methyl/N-ethyl adjacent to an activating group) is 3. The van der Waals surface area contributed by atoms with Crippen molar-refractivity contribution in [3.63, 3.8) is 0 Å². The third-order valence-electron chi connectivity index (χ3n) is 24.6. The Balaban J connectivity index is 1.19. The zero-order chi connectivity index (χ0) is 96.6. The fourth-order valence-corrected chi connectivity index (χ4v) is 17.7. The van der Waals surface area contributed by atoms with Gasteiger partial charge in [0.15, 0.2) is 11.6 Å². The molecular formula is C91H132N20O20S. The first kappa shape index (κ1) is 105. The molecular weight excluding hydrogens is 1730 g/mol. The molecule has 3 fully saturated rings. The van der Waals surface area contributed by atoms with Crippen LogP contribution in [0.3, 0.4) is 0 Å². The van der Waals surface area contributed by atoms with Gasteiger partial charge in [-0.05, 0) is 132 Å². The predicted molar refractivity (Wildman–Crippen MR) is 491 cm³/mol. The van der Waals surface area contributed by atoms with E-state index in [1.807, 2.05) is 26.0 Å². The summed E-state index contributed by atoms with van der Waals surface area (Å²) in [5.41, 5.74) is 32.9. The number of primary amides is 1. The van der Waals surface area contributed by atoms with Crippen LogP contribution in [-0.2, 0) is 101 Å². The Morgan fingerprint density at radius 3 is 1.67 bits per heavy atom. The van der Waals surface area contributed by atoms with Gasteiger partial charge >= 0.3 is 5.97 Å². The Bertz CT molecular complexity index is 4860. The minimum Gasteiger partial charge on any atom is -0.497 e. The second kappa shape index (κ2) is 51.8. The lowest BCUT2D eigenvalue weighted by molar-refractivity contribution is -0.149. The molecule has 132 heavy (non-hydrogen) atoms. The summed E-state index contributed by atoms with van der Waals surface area (Å²) in [5, 5.41) is 44.7. The zero-order valence-electron chi connectivity index (χ0n) is 76.2. The van der Waals surface area contributed by atoms with E-state index in [0.29, 0.717) is 76.3 Å². The Labute approximate surface area is 771 Å². The van der Waals surface area contributed by atoms with Crippen LogP contribution in [0.4, 0.5) is 0 Å². The highest BCUT2D eigenvalue weighted by atomic mass is 32.2. The van der Waals surface area contributed by atoms with E-state index in [9.17, 15) is 58.2 Å². The largest absolute Gasteiger partial charge is 0.497 e. The molecule has 722 valence electrons. The van der Waals surface area contributed by atoms with Crippen molar-refractivity contribution < 1.29 is 96.5 Å². The molecule has 0 aliphatic carbocycles. The molecule has 3 aromatic carbocycles. The van der Waals surface area contributed by atoms with Crippen molar-refractivity contribution in [1.29, 1.82) is 0 Å². The smallest absolute Gasteiger partial charge is 0.305 e. The maximum absolute atomic E-state index is 15.8. The Hall–Kier alpha value is -11.9. The number of aliphatic hydroxyl groups excluding tert-OH is 1. The number of aromatic nitrogens is 2. The van der Waals surface area contributed by atoms with E-state index in [0.717, 1.165) is 26.5 Å². The molecule has 2 aromatic heterocycles. The van der Waals surface area contributed by atoms with Crippen LogP contribution in [0.15, 0.2) is 85.2 Å².